The van der Waals surface area contributed by atoms with Crippen molar-refractivity contribution in [2.24, 2.45) is 0 Å². The third kappa shape index (κ3) is 5.11. The molecule has 1 amide bonds. The first-order chi connectivity index (χ1) is 11.6. The molecule has 1 aromatic rings. The average Bonchev–Trinajstić information content (AvgIpc) is 2.64. The van der Waals surface area contributed by atoms with Gasteiger partial charge in [-0.25, -0.2) is 4.79 Å². The summed E-state index contributed by atoms with van der Waals surface area (Å²) in [5, 5.41) is 0. The SMILES string of the molecule is COc1ccccc1/C=C/C(=O)OCC(=O)N(C)C1CCCCC1. The highest BCUT2D eigenvalue weighted by molar-refractivity contribution is 5.89. The molecule has 0 N–H and O–H groups in total. The molecule has 5 heteroatoms. The van der Waals surface area contributed by atoms with Crippen molar-refractivity contribution in [3.05, 3.63) is 35.9 Å². The molecule has 0 aromatic heterocycles. The first-order valence-electron chi connectivity index (χ1n) is 8.35. The Labute approximate surface area is 143 Å². The highest BCUT2D eigenvalue weighted by Crippen LogP contribution is 2.21. The number of ether oxygens (including phenoxy) is 2. The van der Waals surface area contributed by atoms with Crippen molar-refractivity contribution in [3.8, 4) is 5.75 Å². The normalized spacial score (nSPS) is 15.2. The van der Waals surface area contributed by atoms with Gasteiger partial charge in [-0.2, -0.15) is 0 Å². The maximum absolute atomic E-state index is 12.1. The number of para-hydroxylation sites is 1. The summed E-state index contributed by atoms with van der Waals surface area (Å²) in [5.41, 5.74) is 0.780. The van der Waals surface area contributed by atoms with Crippen molar-refractivity contribution in [3.63, 3.8) is 0 Å². The van der Waals surface area contributed by atoms with Gasteiger partial charge in [0.25, 0.3) is 5.91 Å². The predicted octanol–water partition coefficient (Wildman–Crippen LogP) is 3.04. The topological polar surface area (TPSA) is 55.8 Å². The second-order valence-corrected chi connectivity index (χ2v) is 5.98. The van der Waals surface area contributed by atoms with Gasteiger partial charge in [-0.05, 0) is 25.0 Å². The lowest BCUT2D eigenvalue weighted by atomic mass is 9.94. The van der Waals surface area contributed by atoms with Crippen molar-refractivity contribution in [2.75, 3.05) is 20.8 Å². The first kappa shape index (κ1) is 18.0. The predicted molar refractivity (Wildman–Crippen MR) is 92.6 cm³/mol. The molecule has 0 unspecified atom stereocenters. The molecule has 5 nitrogen and oxygen atoms in total. The number of benzene rings is 1. The van der Waals surface area contributed by atoms with Crippen molar-refractivity contribution >= 4 is 18.0 Å². The van der Waals surface area contributed by atoms with Crippen LogP contribution >= 0.6 is 0 Å². The lowest BCUT2D eigenvalue weighted by Gasteiger charge is -2.31. The Kier molecular flexibility index (Phi) is 6.85. The molecule has 0 spiro atoms. The summed E-state index contributed by atoms with van der Waals surface area (Å²) >= 11 is 0. The Morgan fingerprint density at radius 1 is 1.21 bits per heavy atom. The quantitative estimate of drug-likeness (QED) is 0.594. The van der Waals surface area contributed by atoms with Gasteiger partial charge in [0, 0.05) is 24.7 Å². The molecular weight excluding hydrogens is 306 g/mol. The van der Waals surface area contributed by atoms with E-state index in [9.17, 15) is 9.59 Å². The number of amides is 1. The van der Waals surface area contributed by atoms with Gasteiger partial charge in [-0.15, -0.1) is 0 Å². The zero-order chi connectivity index (χ0) is 17.4. The molecule has 1 aliphatic rings. The van der Waals surface area contributed by atoms with Crippen LogP contribution in [-0.2, 0) is 14.3 Å². The minimum Gasteiger partial charge on any atom is -0.496 e. The zero-order valence-electron chi connectivity index (χ0n) is 14.4. The summed E-state index contributed by atoms with van der Waals surface area (Å²) in [5.74, 6) is -0.0121. The van der Waals surface area contributed by atoms with Crippen LogP contribution in [0.5, 0.6) is 5.75 Å². The number of carbonyl (C=O) groups is 2. The molecule has 1 fully saturated rings. The number of methoxy groups -OCH3 is 1. The van der Waals surface area contributed by atoms with Gasteiger partial charge in [0.2, 0.25) is 0 Å². The Morgan fingerprint density at radius 2 is 1.92 bits per heavy atom. The van der Waals surface area contributed by atoms with E-state index in [0.717, 1.165) is 31.2 Å². The molecule has 0 atom stereocenters. The summed E-state index contributed by atoms with van der Waals surface area (Å²) in [7, 11) is 3.36. The Morgan fingerprint density at radius 3 is 2.62 bits per heavy atom. The van der Waals surface area contributed by atoms with Crippen LogP contribution in [0.2, 0.25) is 0 Å². The number of carbonyl (C=O) groups excluding carboxylic acids is 2. The summed E-state index contributed by atoms with van der Waals surface area (Å²) in [6, 6.07) is 7.64. The van der Waals surface area contributed by atoms with E-state index in [2.05, 4.69) is 0 Å². The molecule has 1 saturated carbocycles. The molecule has 0 heterocycles. The van der Waals surface area contributed by atoms with Crippen LogP contribution in [0.4, 0.5) is 0 Å². The maximum atomic E-state index is 12.1. The van der Waals surface area contributed by atoms with E-state index in [1.807, 2.05) is 24.3 Å². The number of hydrogen-bond donors (Lipinski definition) is 0. The van der Waals surface area contributed by atoms with Crippen LogP contribution in [0, 0.1) is 0 Å². The van der Waals surface area contributed by atoms with E-state index in [-0.39, 0.29) is 18.6 Å². The number of nitrogens with zero attached hydrogens (tertiary/aromatic N) is 1. The highest BCUT2D eigenvalue weighted by atomic mass is 16.5. The standard InChI is InChI=1S/C19H25NO4/c1-20(16-9-4-3-5-10-16)18(21)14-24-19(22)13-12-15-8-6-7-11-17(15)23-2/h6-8,11-13,16H,3-5,9-10,14H2,1-2H3/b13-12+. The van der Waals surface area contributed by atoms with Crippen molar-refractivity contribution < 1.29 is 19.1 Å². The van der Waals surface area contributed by atoms with E-state index < -0.39 is 5.97 Å². The summed E-state index contributed by atoms with van der Waals surface area (Å²) < 4.78 is 10.3. The molecule has 1 aliphatic carbocycles. The van der Waals surface area contributed by atoms with E-state index in [1.54, 1.807) is 25.1 Å². The highest BCUT2D eigenvalue weighted by Gasteiger charge is 2.22. The fraction of sp³-hybridized carbons (Fsp3) is 0.474. The smallest absolute Gasteiger partial charge is 0.331 e. The van der Waals surface area contributed by atoms with Crippen LogP contribution in [0.1, 0.15) is 37.7 Å². The lowest BCUT2D eigenvalue weighted by molar-refractivity contribution is -0.148. The van der Waals surface area contributed by atoms with Crippen LogP contribution in [0.25, 0.3) is 6.08 Å². The van der Waals surface area contributed by atoms with Crippen LogP contribution in [0.15, 0.2) is 30.3 Å². The fourth-order valence-electron chi connectivity index (χ4n) is 2.92. The van der Waals surface area contributed by atoms with E-state index >= 15 is 0 Å². The number of rotatable bonds is 6. The van der Waals surface area contributed by atoms with Gasteiger partial charge in [-0.1, -0.05) is 37.5 Å². The second kappa shape index (κ2) is 9.11. The molecule has 0 saturated heterocycles. The minimum atomic E-state index is -0.536. The van der Waals surface area contributed by atoms with E-state index in [1.165, 1.54) is 12.5 Å². The summed E-state index contributed by atoms with van der Waals surface area (Å²) in [4.78, 5) is 25.6. The second-order valence-electron chi connectivity index (χ2n) is 5.98. The Bertz CT molecular complexity index is 591. The molecule has 0 aliphatic heterocycles. The molecule has 130 valence electrons. The average molecular weight is 331 g/mol. The molecule has 0 bridgehead atoms. The van der Waals surface area contributed by atoms with Crippen LogP contribution in [-0.4, -0.2) is 43.6 Å². The van der Waals surface area contributed by atoms with Gasteiger partial charge in [0.05, 0.1) is 7.11 Å². The summed E-state index contributed by atoms with van der Waals surface area (Å²) in [6.45, 7) is -0.220. The minimum absolute atomic E-state index is 0.152. The van der Waals surface area contributed by atoms with Gasteiger partial charge in [-0.3, -0.25) is 4.79 Å². The summed E-state index contributed by atoms with van der Waals surface area (Å²) in [6.07, 6.45) is 8.55. The molecule has 1 aromatic carbocycles. The fourth-order valence-corrected chi connectivity index (χ4v) is 2.92. The Hall–Kier alpha value is -2.30. The number of hydrogen-bond acceptors (Lipinski definition) is 4. The molecular formula is C19H25NO4. The van der Waals surface area contributed by atoms with Crippen LogP contribution < -0.4 is 4.74 Å². The van der Waals surface area contributed by atoms with E-state index in [4.69, 9.17) is 9.47 Å². The first-order valence-corrected chi connectivity index (χ1v) is 8.35. The largest absolute Gasteiger partial charge is 0.496 e. The van der Waals surface area contributed by atoms with Gasteiger partial charge in [0.15, 0.2) is 6.61 Å². The molecule has 0 radical (unpaired) electrons. The zero-order valence-corrected chi connectivity index (χ0v) is 14.4. The molecule has 24 heavy (non-hydrogen) atoms. The molecule has 2 rings (SSSR count). The third-order valence-corrected chi connectivity index (χ3v) is 4.39. The van der Waals surface area contributed by atoms with E-state index in [0.29, 0.717) is 5.75 Å². The van der Waals surface area contributed by atoms with Gasteiger partial charge < -0.3 is 14.4 Å². The van der Waals surface area contributed by atoms with Gasteiger partial charge >= 0.3 is 5.97 Å². The van der Waals surface area contributed by atoms with Gasteiger partial charge in [0.1, 0.15) is 5.75 Å². The monoisotopic (exact) mass is 331 g/mol. The van der Waals surface area contributed by atoms with Crippen molar-refractivity contribution in [2.45, 2.75) is 38.1 Å². The lowest BCUT2D eigenvalue weighted by Crippen LogP contribution is -2.40. The number of esters is 1. The third-order valence-electron chi connectivity index (χ3n) is 4.39. The maximum Gasteiger partial charge on any atom is 0.331 e. The Balaban J connectivity index is 1.81. The number of likely N-dealkylation sites (N-methyl/N-ethyl adjacent to an activating group) is 1. The van der Waals surface area contributed by atoms with Crippen molar-refractivity contribution in [1.82, 2.24) is 4.90 Å². The van der Waals surface area contributed by atoms with Crippen LogP contribution in [0.3, 0.4) is 0 Å². The van der Waals surface area contributed by atoms with Crippen molar-refractivity contribution in [1.29, 1.82) is 0 Å².